The minimum Gasteiger partial charge on any atom is -0.466 e. The van der Waals surface area contributed by atoms with Gasteiger partial charge in [0.1, 0.15) is 16.8 Å². The van der Waals surface area contributed by atoms with Crippen LogP contribution in [0.2, 0.25) is 0 Å². The standard InChI is InChI=1S/C21H16N4O6/c1-29-19(26)11-15(20(27)30-2)22-13-8-7-12-9-17(21(28)31-18(12)10-13)25-16-6-4-3-5-14(16)23-24-25/h3-11,22H,1-2H3/b15-11+. The number of rotatable bonds is 5. The van der Waals surface area contributed by atoms with E-state index in [0.717, 1.165) is 6.08 Å². The molecule has 0 bridgehead atoms. The van der Waals surface area contributed by atoms with E-state index in [-0.39, 0.29) is 17.0 Å². The summed E-state index contributed by atoms with van der Waals surface area (Å²) in [6.45, 7) is 0. The predicted molar refractivity (Wildman–Crippen MR) is 111 cm³/mol. The first-order valence-electron chi connectivity index (χ1n) is 9.04. The quantitative estimate of drug-likeness (QED) is 0.294. The molecule has 10 heteroatoms. The number of anilines is 1. The maximum atomic E-state index is 12.6. The van der Waals surface area contributed by atoms with E-state index in [1.54, 1.807) is 30.3 Å². The summed E-state index contributed by atoms with van der Waals surface area (Å²) in [6.07, 6.45) is 0.963. The molecule has 2 heterocycles. The molecule has 0 radical (unpaired) electrons. The fourth-order valence-electron chi connectivity index (χ4n) is 2.96. The van der Waals surface area contributed by atoms with Crippen molar-refractivity contribution in [2.24, 2.45) is 0 Å². The van der Waals surface area contributed by atoms with E-state index in [4.69, 9.17) is 4.42 Å². The zero-order valence-electron chi connectivity index (χ0n) is 16.5. The third-order valence-corrected chi connectivity index (χ3v) is 4.45. The highest BCUT2D eigenvalue weighted by Gasteiger charge is 2.15. The van der Waals surface area contributed by atoms with Crippen molar-refractivity contribution in [3.63, 3.8) is 0 Å². The molecule has 31 heavy (non-hydrogen) atoms. The normalized spacial score (nSPS) is 11.5. The van der Waals surface area contributed by atoms with E-state index in [9.17, 15) is 14.4 Å². The van der Waals surface area contributed by atoms with Gasteiger partial charge in [-0.05, 0) is 30.3 Å². The number of ether oxygens (including phenoxy) is 2. The van der Waals surface area contributed by atoms with Gasteiger partial charge in [0.05, 0.1) is 25.8 Å². The van der Waals surface area contributed by atoms with Gasteiger partial charge < -0.3 is 19.2 Å². The summed E-state index contributed by atoms with van der Waals surface area (Å²) >= 11 is 0. The van der Waals surface area contributed by atoms with E-state index >= 15 is 0 Å². The largest absolute Gasteiger partial charge is 0.466 e. The molecule has 0 saturated heterocycles. The fourth-order valence-corrected chi connectivity index (χ4v) is 2.96. The van der Waals surface area contributed by atoms with E-state index < -0.39 is 17.6 Å². The number of nitrogens with zero attached hydrogens (tertiary/aromatic N) is 3. The molecule has 0 atom stereocenters. The van der Waals surface area contributed by atoms with Gasteiger partial charge in [0, 0.05) is 17.1 Å². The van der Waals surface area contributed by atoms with Crippen LogP contribution in [0.15, 0.2) is 69.5 Å². The Bertz CT molecular complexity index is 1400. The van der Waals surface area contributed by atoms with Gasteiger partial charge >= 0.3 is 17.6 Å². The Morgan fingerprint density at radius 1 is 1.10 bits per heavy atom. The highest BCUT2D eigenvalue weighted by atomic mass is 16.5. The lowest BCUT2D eigenvalue weighted by Gasteiger charge is -2.10. The zero-order chi connectivity index (χ0) is 22.0. The molecule has 2 aromatic carbocycles. The van der Waals surface area contributed by atoms with Crippen LogP contribution < -0.4 is 10.9 Å². The molecule has 0 saturated carbocycles. The third kappa shape index (κ3) is 3.86. The molecule has 4 rings (SSSR count). The van der Waals surface area contributed by atoms with Gasteiger partial charge in [-0.3, -0.25) is 0 Å². The van der Waals surface area contributed by atoms with Crippen LogP contribution in [0.4, 0.5) is 5.69 Å². The second-order valence-corrected chi connectivity index (χ2v) is 6.36. The first-order valence-corrected chi connectivity index (χ1v) is 9.04. The number of carbonyl (C=O) groups is 2. The number of carbonyl (C=O) groups excluding carboxylic acids is 2. The molecule has 0 spiro atoms. The number of esters is 2. The van der Waals surface area contributed by atoms with Gasteiger partial charge in [0.2, 0.25) is 0 Å². The average Bonchev–Trinajstić information content (AvgIpc) is 3.21. The minimum atomic E-state index is -0.764. The first kappa shape index (κ1) is 19.8. The lowest BCUT2D eigenvalue weighted by molar-refractivity contribution is -0.138. The number of nitrogens with one attached hydrogen (secondary N) is 1. The van der Waals surface area contributed by atoms with Crippen LogP contribution in [0.25, 0.3) is 27.7 Å². The summed E-state index contributed by atoms with van der Waals surface area (Å²) in [4.78, 5) is 36.1. The topological polar surface area (TPSA) is 126 Å². The van der Waals surface area contributed by atoms with Gasteiger partial charge in [-0.2, -0.15) is 0 Å². The smallest absolute Gasteiger partial charge is 0.362 e. The van der Waals surface area contributed by atoms with E-state index in [1.165, 1.54) is 25.0 Å². The van der Waals surface area contributed by atoms with Gasteiger partial charge in [0.25, 0.3) is 0 Å². The molecule has 4 aromatic rings. The molecule has 2 aromatic heterocycles. The van der Waals surface area contributed by atoms with E-state index in [1.807, 2.05) is 12.1 Å². The molecule has 0 aliphatic heterocycles. The minimum absolute atomic E-state index is 0.137. The molecular weight excluding hydrogens is 404 g/mol. The van der Waals surface area contributed by atoms with Gasteiger partial charge in [0.15, 0.2) is 5.69 Å². The summed E-state index contributed by atoms with van der Waals surface area (Å²) < 4.78 is 16.1. The van der Waals surface area contributed by atoms with Crippen LogP contribution in [0.1, 0.15) is 0 Å². The van der Waals surface area contributed by atoms with Crippen LogP contribution in [-0.2, 0) is 19.1 Å². The van der Waals surface area contributed by atoms with Crippen molar-refractivity contribution in [2.45, 2.75) is 0 Å². The van der Waals surface area contributed by atoms with Crippen molar-refractivity contribution < 1.29 is 23.5 Å². The molecule has 1 N–H and O–H groups in total. The number of para-hydroxylation sites is 1. The maximum absolute atomic E-state index is 12.6. The van der Waals surface area contributed by atoms with Crippen molar-refractivity contribution in [2.75, 3.05) is 19.5 Å². The molecule has 0 aliphatic carbocycles. The van der Waals surface area contributed by atoms with Crippen LogP contribution >= 0.6 is 0 Å². The van der Waals surface area contributed by atoms with Crippen molar-refractivity contribution in [1.82, 2.24) is 15.0 Å². The summed E-state index contributed by atoms with van der Waals surface area (Å²) in [5, 5.41) is 11.5. The molecular formula is C21H16N4O6. The number of benzene rings is 2. The Hall–Kier alpha value is -4.47. The molecule has 156 valence electrons. The average molecular weight is 420 g/mol. The summed E-state index contributed by atoms with van der Waals surface area (Å²) in [7, 11) is 2.37. The molecule has 0 fully saturated rings. The van der Waals surface area contributed by atoms with Crippen molar-refractivity contribution in [3.8, 4) is 5.69 Å². The monoisotopic (exact) mass is 420 g/mol. The number of aromatic nitrogens is 3. The Labute approximate surface area is 174 Å². The zero-order valence-corrected chi connectivity index (χ0v) is 16.5. The fraction of sp³-hybridized carbons (Fsp3) is 0.0952. The van der Waals surface area contributed by atoms with Crippen LogP contribution in [0.5, 0.6) is 0 Å². The predicted octanol–water partition coefficient (Wildman–Crippen LogP) is 2.17. The Morgan fingerprint density at radius 3 is 2.68 bits per heavy atom. The highest BCUT2D eigenvalue weighted by molar-refractivity contribution is 5.99. The third-order valence-electron chi connectivity index (χ3n) is 4.45. The van der Waals surface area contributed by atoms with Crippen molar-refractivity contribution in [3.05, 3.63) is 70.7 Å². The maximum Gasteiger partial charge on any atom is 0.362 e. The molecule has 0 amide bonds. The SMILES string of the molecule is COC(=O)/C=C(/Nc1ccc2cc(-n3nnc4ccccc43)c(=O)oc2c1)C(=O)OC. The van der Waals surface area contributed by atoms with Gasteiger partial charge in [-0.25, -0.2) is 19.1 Å². The second-order valence-electron chi connectivity index (χ2n) is 6.36. The number of hydrogen-bond donors (Lipinski definition) is 1. The Kier molecular flexibility index (Phi) is 5.19. The van der Waals surface area contributed by atoms with E-state index in [2.05, 4.69) is 25.1 Å². The second kappa shape index (κ2) is 8.11. The van der Waals surface area contributed by atoms with Crippen LogP contribution in [0, 0.1) is 0 Å². The number of methoxy groups -OCH3 is 2. The van der Waals surface area contributed by atoms with E-state index in [0.29, 0.717) is 22.1 Å². The molecule has 0 aliphatic rings. The van der Waals surface area contributed by atoms with Gasteiger partial charge in [-0.15, -0.1) is 5.10 Å². The number of hydrogen-bond acceptors (Lipinski definition) is 9. The lowest BCUT2D eigenvalue weighted by atomic mass is 10.2. The Morgan fingerprint density at radius 2 is 1.90 bits per heavy atom. The lowest BCUT2D eigenvalue weighted by Crippen LogP contribution is -2.15. The highest BCUT2D eigenvalue weighted by Crippen LogP contribution is 2.22. The summed E-state index contributed by atoms with van der Waals surface area (Å²) in [5.74, 6) is -1.50. The summed E-state index contributed by atoms with van der Waals surface area (Å²) in [5.41, 5.74) is 1.45. The number of fused-ring (bicyclic) bond motifs is 2. The summed E-state index contributed by atoms with van der Waals surface area (Å²) in [6, 6.07) is 13.7. The molecule has 10 nitrogen and oxygen atoms in total. The first-order chi connectivity index (χ1) is 15.0. The Balaban J connectivity index is 1.73. The van der Waals surface area contributed by atoms with Crippen molar-refractivity contribution >= 4 is 39.6 Å². The van der Waals surface area contributed by atoms with Gasteiger partial charge in [-0.1, -0.05) is 17.3 Å². The van der Waals surface area contributed by atoms with Crippen LogP contribution in [0.3, 0.4) is 0 Å². The van der Waals surface area contributed by atoms with Crippen molar-refractivity contribution in [1.29, 1.82) is 0 Å². The van der Waals surface area contributed by atoms with Crippen LogP contribution in [-0.4, -0.2) is 41.2 Å². The molecule has 0 unspecified atom stereocenters.